The second-order valence-electron chi connectivity index (χ2n) is 5.92. The maximum atomic E-state index is 5.89. The van der Waals surface area contributed by atoms with Gasteiger partial charge in [-0.05, 0) is 26.0 Å². The first kappa shape index (κ1) is 15.6. The largest absolute Gasteiger partial charge is 0.459 e. The third-order valence-corrected chi connectivity index (χ3v) is 5.12. The van der Waals surface area contributed by atoms with Gasteiger partial charge in [-0.3, -0.25) is 4.90 Å². The van der Waals surface area contributed by atoms with Crippen LogP contribution < -0.4 is 0 Å². The summed E-state index contributed by atoms with van der Waals surface area (Å²) in [7, 11) is 0. The third kappa shape index (κ3) is 3.15. The molecule has 3 aromatic heterocycles. The van der Waals surface area contributed by atoms with Gasteiger partial charge in [0.25, 0.3) is 5.89 Å². The van der Waals surface area contributed by atoms with E-state index in [0.717, 1.165) is 41.8 Å². The van der Waals surface area contributed by atoms with Gasteiger partial charge in [0.15, 0.2) is 5.76 Å². The van der Waals surface area contributed by atoms with Crippen LogP contribution in [0, 0.1) is 13.8 Å². The van der Waals surface area contributed by atoms with E-state index in [9.17, 15) is 0 Å². The van der Waals surface area contributed by atoms with E-state index in [4.69, 9.17) is 13.6 Å². The van der Waals surface area contributed by atoms with Gasteiger partial charge >= 0.3 is 0 Å². The number of aromatic nitrogens is 2. The third-order valence-electron chi connectivity index (χ3n) is 4.06. The average molecular weight is 345 g/mol. The molecule has 0 unspecified atom stereocenters. The molecular weight excluding hydrogens is 326 g/mol. The maximum absolute atomic E-state index is 5.89. The lowest BCUT2D eigenvalue weighted by atomic mass is 10.2. The molecule has 0 aromatic carbocycles. The highest BCUT2D eigenvalue weighted by Gasteiger charge is 2.26. The van der Waals surface area contributed by atoms with Crippen LogP contribution in [0.2, 0.25) is 0 Å². The highest BCUT2D eigenvalue weighted by atomic mass is 32.1. The minimum atomic E-state index is 0.0363. The lowest BCUT2D eigenvalue weighted by Crippen LogP contribution is -2.38. The summed E-state index contributed by atoms with van der Waals surface area (Å²) >= 11 is 1.66. The second-order valence-corrected chi connectivity index (χ2v) is 6.81. The standard InChI is InChI=1S/C17H19N3O3S/c1-11-10-24-17(18-11)15-9-20(5-7-22-15)8-13-12(2)23-16(19-13)14-4-3-6-21-14/h3-4,6,10,15H,5,7-9H2,1-2H3/t15-/m0/s1. The molecule has 0 radical (unpaired) electrons. The van der Waals surface area contributed by atoms with Gasteiger partial charge in [-0.1, -0.05) is 0 Å². The van der Waals surface area contributed by atoms with Crippen LogP contribution in [0.1, 0.15) is 28.3 Å². The fourth-order valence-electron chi connectivity index (χ4n) is 2.81. The minimum Gasteiger partial charge on any atom is -0.459 e. The molecule has 126 valence electrons. The van der Waals surface area contributed by atoms with Gasteiger partial charge < -0.3 is 13.6 Å². The summed E-state index contributed by atoms with van der Waals surface area (Å²) in [5.74, 6) is 2.02. The van der Waals surface area contributed by atoms with Crippen molar-refractivity contribution in [2.24, 2.45) is 0 Å². The van der Waals surface area contributed by atoms with Crippen molar-refractivity contribution in [3.63, 3.8) is 0 Å². The molecule has 0 spiro atoms. The molecule has 1 aliphatic rings. The zero-order chi connectivity index (χ0) is 16.5. The smallest absolute Gasteiger partial charge is 0.263 e. The Kier molecular flexibility index (Phi) is 4.22. The highest BCUT2D eigenvalue weighted by molar-refractivity contribution is 7.09. The predicted molar refractivity (Wildman–Crippen MR) is 89.8 cm³/mol. The molecule has 0 amide bonds. The number of hydrogen-bond acceptors (Lipinski definition) is 7. The molecular formula is C17H19N3O3S. The van der Waals surface area contributed by atoms with Crippen LogP contribution in [0.5, 0.6) is 0 Å². The molecule has 1 atom stereocenters. The zero-order valence-corrected chi connectivity index (χ0v) is 14.5. The number of morpholine rings is 1. The van der Waals surface area contributed by atoms with E-state index >= 15 is 0 Å². The number of rotatable bonds is 4. The Balaban J connectivity index is 1.47. The normalized spacial score (nSPS) is 19.0. The van der Waals surface area contributed by atoms with Crippen LogP contribution in [0.3, 0.4) is 0 Å². The lowest BCUT2D eigenvalue weighted by molar-refractivity contribution is -0.0334. The van der Waals surface area contributed by atoms with Gasteiger partial charge in [0.05, 0.1) is 18.6 Å². The molecule has 4 rings (SSSR count). The number of ether oxygens (including phenoxy) is 1. The molecule has 0 aliphatic carbocycles. The lowest BCUT2D eigenvalue weighted by Gasteiger charge is -2.31. The van der Waals surface area contributed by atoms with Gasteiger partial charge in [0.2, 0.25) is 0 Å². The molecule has 3 aromatic rings. The van der Waals surface area contributed by atoms with E-state index in [-0.39, 0.29) is 6.10 Å². The number of nitrogens with zero attached hydrogens (tertiary/aromatic N) is 3. The quantitative estimate of drug-likeness (QED) is 0.720. The fraction of sp³-hybridized carbons (Fsp3) is 0.412. The van der Waals surface area contributed by atoms with Crippen molar-refractivity contribution in [1.29, 1.82) is 0 Å². The van der Waals surface area contributed by atoms with Crippen molar-refractivity contribution in [3.05, 3.63) is 45.9 Å². The average Bonchev–Trinajstić information content (AvgIpc) is 3.30. The Morgan fingerprint density at radius 1 is 1.33 bits per heavy atom. The maximum Gasteiger partial charge on any atom is 0.263 e. The number of aryl methyl sites for hydroxylation is 2. The van der Waals surface area contributed by atoms with Gasteiger partial charge in [0.1, 0.15) is 16.9 Å². The van der Waals surface area contributed by atoms with Gasteiger partial charge in [0, 0.05) is 30.7 Å². The van der Waals surface area contributed by atoms with E-state index < -0.39 is 0 Å². The zero-order valence-electron chi connectivity index (χ0n) is 13.7. The van der Waals surface area contributed by atoms with Crippen LogP contribution in [-0.4, -0.2) is 34.6 Å². The van der Waals surface area contributed by atoms with E-state index in [0.29, 0.717) is 18.3 Å². The SMILES string of the molecule is Cc1csc([C@@H]2CN(Cc3nc(-c4ccco4)oc3C)CCO2)n1. The Labute approximate surface area is 144 Å². The first-order valence-electron chi connectivity index (χ1n) is 7.95. The van der Waals surface area contributed by atoms with Crippen LogP contribution in [-0.2, 0) is 11.3 Å². The monoisotopic (exact) mass is 345 g/mol. The summed E-state index contributed by atoms with van der Waals surface area (Å²) < 4.78 is 17.0. The van der Waals surface area contributed by atoms with Crippen molar-refractivity contribution in [2.75, 3.05) is 19.7 Å². The van der Waals surface area contributed by atoms with Crippen LogP contribution in [0.15, 0.2) is 32.6 Å². The van der Waals surface area contributed by atoms with Crippen molar-refractivity contribution in [3.8, 4) is 11.7 Å². The molecule has 0 bridgehead atoms. The first-order valence-corrected chi connectivity index (χ1v) is 8.83. The molecule has 7 heteroatoms. The van der Waals surface area contributed by atoms with E-state index in [2.05, 4.69) is 20.2 Å². The van der Waals surface area contributed by atoms with Gasteiger partial charge in [-0.2, -0.15) is 0 Å². The topological polar surface area (TPSA) is 64.5 Å². The van der Waals surface area contributed by atoms with E-state index in [1.165, 1.54) is 0 Å². The van der Waals surface area contributed by atoms with Crippen molar-refractivity contribution in [1.82, 2.24) is 14.9 Å². The van der Waals surface area contributed by atoms with Crippen LogP contribution >= 0.6 is 11.3 Å². The van der Waals surface area contributed by atoms with Gasteiger partial charge in [-0.25, -0.2) is 9.97 Å². The summed E-state index contributed by atoms with van der Waals surface area (Å²) in [6, 6.07) is 3.68. The molecule has 24 heavy (non-hydrogen) atoms. The number of furan rings is 1. The Hall–Kier alpha value is -1.96. The second kappa shape index (κ2) is 6.51. The molecule has 6 nitrogen and oxygen atoms in total. The van der Waals surface area contributed by atoms with E-state index in [1.54, 1.807) is 17.6 Å². The summed E-state index contributed by atoms with van der Waals surface area (Å²) in [6.07, 6.45) is 1.66. The number of hydrogen-bond donors (Lipinski definition) is 0. The Morgan fingerprint density at radius 2 is 2.25 bits per heavy atom. The first-order chi connectivity index (χ1) is 11.7. The summed E-state index contributed by atoms with van der Waals surface area (Å²) in [6.45, 7) is 7.08. The molecule has 4 heterocycles. The molecule has 0 N–H and O–H groups in total. The van der Waals surface area contributed by atoms with E-state index in [1.807, 2.05) is 26.0 Å². The highest BCUT2D eigenvalue weighted by Crippen LogP contribution is 2.27. The van der Waals surface area contributed by atoms with Crippen molar-refractivity contribution in [2.45, 2.75) is 26.5 Å². The van der Waals surface area contributed by atoms with Crippen LogP contribution in [0.25, 0.3) is 11.7 Å². The molecule has 1 aliphatic heterocycles. The summed E-state index contributed by atoms with van der Waals surface area (Å²) in [5, 5.41) is 3.11. The Morgan fingerprint density at radius 3 is 3.00 bits per heavy atom. The number of thiazole rings is 1. The van der Waals surface area contributed by atoms with Crippen molar-refractivity contribution < 1.29 is 13.6 Å². The summed E-state index contributed by atoms with van der Waals surface area (Å²) in [4.78, 5) is 11.5. The number of oxazole rings is 1. The van der Waals surface area contributed by atoms with Crippen molar-refractivity contribution >= 4 is 11.3 Å². The molecule has 0 saturated carbocycles. The molecule has 1 saturated heterocycles. The van der Waals surface area contributed by atoms with Gasteiger partial charge in [-0.15, -0.1) is 11.3 Å². The summed E-state index contributed by atoms with van der Waals surface area (Å²) in [5.41, 5.74) is 1.99. The fourth-order valence-corrected chi connectivity index (χ4v) is 3.64. The van der Waals surface area contributed by atoms with Crippen LogP contribution in [0.4, 0.5) is 0 Å². The predicted octanol–water partition coefficient (Wildman–Crippen LogP) is 3.58. The minimum absolute atomic E-state index is 0.0363. The Bertz CT molecular complexity index is 809. The molecule has 1 fully saturated rings.